The van der Waals surface area contributed by atoms with Crippen molar-refractivity contribution in [2.24, 2.45) is 0 Å². The number of hydrogen-bond donors (Lipinski definition) is 2. The fraction of sp³-hybridized carbons (Fsp3) is 0.190. The number of carbonyl (C=O) groups excluding carboxylic acids is 2. The molecule has 4 rings (SSSR count). The van der Waals surface area contributed by atoms with E-state index in [0.717, 1.165) is 42.0 Å². The highest BCUT2D eigenvalue weighted by Crippen LogP contribution is 2.31. The zero-order valence-corrected chi connectivity index (χ0v) is 15.0. The number of nitrogens with one attached hydrogen (secondary N) is 2. The zero-order valence-electron chi connectivity index (χ0n) is 15.0. The van der Waals surface area contributed by atoms with Gasteiger partial charge in [0.25, 0.3) is 5.91 Å². The van der Waals surface area contributed by atoms with Crippen LogP contribution in [0.5, 0.6) is 0 Å². The maximum absolute atomic E-state index is 12.8. The summed E-state index contributed by atoms with van der Waals surface area (Å²) in [5.41, 5.74) is 4.27. The van der Waals surface area contributed by atoms with Crippen molar-refractivity contribution < 1.29 is 9.59 Å². The molecule has 0 fully saturated rings. The van der Waals surface area contributed by atoms with E-state index in [9.17, 15) is 9.59 Å². The van der Waals surface area contributed by atoms with Crippen molar-refractivity contribution in [3.63, 3.8) is 0 Å². The number of benzene rings is 2. The van der Waals surface area contributed by atoms with Crippen molar-refractivity contribution in [3.05, 3.63) is 71.4 Å². The van der Waals surface area contributed by atoms with Gasteiger partial charge in [-0.05, 0) is 55.7 Å². The first-order valence-electron chi connectivity index (χ1n) is 8.97. The van der Waals surface area contributed by atoms with Gasteiger partial charge in [-0.3, -0.25) is 9.59 Å². The van der Waals surface area contributed by atoms with Crippen LogP contribution >= 0.6 is 0 Å². The standard InChI is InChI=1S/C21H20N4O2/c1-14(26)22-16-12-10-15(11-13-16)21(27)23-20-18-8-5-9-19(18)24-25(20)17-6-3-2-4-7-17/h2-4,6-7,10-13H,5,8-9H2,1H3,(H,22,26)(H,23,27). The van der Waals surface area contributed by atoms with Crippen LogP contribution in [0.1, 0.15) is 35.0 Å². The van der Waals surface area contributed by atoms with E-state index in [-0.39, 0.29) is 11.8 Å². The molecular weight excluding hydrogens is 340 g/mol. The van der Waals surface area contributed by atoms with Crippen molar-refractivity contribution >= 4 is 23.3 Å². The number of nitrogens with zero attached hydrogens (tertiary/aromatic N) is 2. The minimum Gasteiger partial charge on any atom is -0.326 e. The van der Waals surface area contributed by atoms with Crippen LogP contribution in [0.3, 0.4) is 0 Å². The Kier molecular flexibility index (Phi) is 4.46. The largest absolute Gasteiger partial charge is 0.326 e. The summed E-state index contributed by atoms with van der Waals surface area (Å²) < 4.78 is 1.81. The first-order chi connectivity index (χ1) is 13.1. The molecule has 0 aliphatic heterocycles. The Morgan fingerprint density at radius 1 is 0.963 bits per heavy atom. The van der Waals surface area contributed by atoms with Crippen LogP contribution in [0.25, 0.3) is 5.69 Å². The van der Waals surface area contributed by atoms with Crippen molar-refractivity contribution in [2.45, 2.75) is 26.2 Å². The maximum Gasteiger partial charge on any atom is 0.256 e. The van der Waals surface area contributed by atoms with E-state index in [0.29, 0.717) is 11.3 Å². The van der Waals surface area contributed by atoms with Crippen LogP contribution < -0.4 is 10.6 Å². The molecule has 0 radical (unpaired) electrons. The van der Waals surface area contributed by atoms with Gasteiger partial charge in [-0.1, -0.05) is 18.2 Å². The highest BCUT2D eigenvalue weighted by atomic mass is 16.2. The lowest BCUT2D eigenvalue weighted by molar-refractivity contribution is -0.114. The molecule has 2 amide bonds. The van der Waals surface area contributed by atoms with Crippen LogP contribution in [-0.2, 0) is 17.6 Å². The predicted molar refractivity (Wildman–Crippen MR) is 104 cm³/mol. The first kappa shape index (κ1) is 17.0. The SMILES string of the molecule is CC(=O)Nc1ccc(C(=O)Nc2c3c(nn2-c2ccccc2)CCC3)cc1. The summed E-state index contributed by atoms with van der Waals surface area (Å²) in [6, 6.07) is 16.6. The smallest absolute Gasteiger partial charge is 0.256 e. The molecule has 1 aliphatic carbocycles. The van der Waals surface area contributed by atoms with Crippen molar-refractivity contribution in [3.8, 4) is 5.69 Å². The molecule has 3 aromatic rings. The van der Waals surface area contributed by atoms with Gasteiger partial charge in [-0.15, -0.1) is 0 Å². The van der Waals surface area contributed by atoms with Gasteiger partial charge in [0.15, 0.2) is 0 Å². The van der Waals surface area contributed by atoms with E-state index < -0.39 is 0 Å². The Bertz CT molecular complexity index is 991. The van der Waals surface area contributed by atoms with Crippen LogP contribution in [0.4, 0.5) is 11.5 Å². The number of hydrogen-bond acceptors (Lipinski definition) is 3. The van der Waals surface area contributed by atoms with Crippen LogP contribution in [0.2, 0.25) is 0 Å². The average Bonchev–Trinajstić information content (AvgIpc) is 3.25. The number of rotatable bonds is 4. The molecule has 1 aliphatic rings. The van der Waals surface area contributed by atoms with Crippen LogP contribution in [0, 0.1) is 0 Å². The Hall–Kier alpha value is -3.41. The molecule has 6 nitrogen and oxygen atoms in total. The number of carbonyl (C=O) groups is 2. The Morgan fingerprint density at radius 3 is 2.41 bits per heavy atom. The quantitative estimate of drug-likeness (QED) is 0.747. The fourth-order valence-corrected chi connectivity index (χ4v) is 3.36. The Balaban J connectivity index is 1.62. The molecule has 1 aromatic heterocycles. The van der Waals surface area contributed by atoms with E-state index in [1.54, 1.807) is 24.3 Å². The lowest BCUT2D eigenvalue weighted by Gasteiger charge is -2.11. The second-order valence-electron chi connectivity index (χ2n) is 6.59. The predicted octanol–water partition coefficient (Wildman–Crippen LogP) is 3.57. The molecule has 136 valence electrons. The van der Waals surface area contributed by atoms with Gasteiger partial charge in [0.1, 0.15) is 5.82 Å². The second kappa shape index (κ2) is 7.07. The topological polar surface area (TPSA) is 76.0 Å². The monoisotopic (exact) mass is 360 g/mol. The lowest BCUT2D eigenvalue weighted by Crippen LogP contribution is -2.16. The number of aromatic nitrogens is 2. The van der Waals surface area contributed by atoms with Crippen molar-refractivity contribution in [1.82, 2.24) is 9.78 Å². The molecule has 27 heavy (non-hydrogen) atoms. The summed E-state index contributed by atoms with van der Waals surface area (Å²) in [6.07, 6.45) is 2.91. The van der Waals surface area contributed by atoms with E-state index in [2.05, 4.69) is 10.6 Å². The molecule has 0 saturated heterocycles. The number of fused-ring (bicyclic) bond motifs is 1. The zero-order chi connectivity index (χ0) is 18.8. The maximum atomic E-state index is 12.8. The summed E-state index contributed by atoms with van der Waals surface area (Å²) in [5, 5.41) is 10.4. The molecule has 0 spiro atoms. The first-order valence-corrected chi connectivity index (χ1v) is 8.97. The summed E-state index contributed by atoms with van der Waals surface area (Å²) in [7, 11) is 0. The summed E-state index contributed by atoms with van der Waals surface area (Å²) in [5.74, 6) is 0.398. The van der Waals surface area contributed by atoms with Gasteiger partial charge in [0.2, 0.25) is 5.91 Å². The Labute approximate surface area is 157 Å². The second-order valence-corrected chi connectivity index (χ2v) is 6.59. The van der Waals surface area contributed by atoms with E-state index in [1.165, 1.54) is 6.92 Å². The fourth-order valence-electron chi connectivity index (χ4n) is 3.36. The molecule has 2 aromatic carbocycles. The normalized spacial score (nSPS) is 12.5. The van der Waals surface area contributed by atoms with Crippen molar-refractivity contribution in [1.29, 1.82) is 0 Å². The molecular formula is C21H20N4O2. The number of aryl methyl sites for hydroxylation is 1. The minimum absolute atomic E-state index is 0.144. The van der Waals surface area contributed by atoms with Gasteiger partial charge in [0, 0.05) is 23.7 Å². The molecule has 0 atom stereocenters. The Morgan fingerprint density at radius 2 is 1.70 bits per heavy atom. The summed E-state index contributed by atoms with van der Waals surface area (Å²) >= 11 is 0. The highest BCUT2D eigenvalue weighted by molar-refractivity contribution is 6.04. The van der Waals surface area contributed by atoms with Crippen LogP contribution in [0.15, 0.2) is 54.6 Å². The number of amides is 2. The van der Waals surface area contributed by atoms with Gasteiger partial charge < -0.3 is 10.6 Å². The van der Waals surface area contributed by atoms with Gasteiger partial charge in [0.05, 0.1) is 11.4 Å². The third kappa shape index (κ3) is 3.46. The molecule has 0 saturated carbocycles. The molecule has 0 unspecified atom stereocenters. The third-order valence-electron chi connectivity index (χ3n) is 4.61. The molecule has 2 N–H and O–H groups in total. The molecule has 0 bridgehead atoms. The van der Waals surface area contributed by atoms with Crippen molar-refractivity contribution in [2.75, 3.05) is 10.6 Å². The van der Waals surface area contributed by atoms with Crippen LogP contribution in [-0.4, -0.2) is 21.6 Å². The summed E-state index contributed by atoms with van der Waals surface area (Å²) in [6.45, 7) is 1.45. The van der Waals surface area contributed by atoms with E-state index in [4.69, 9.17) is 5.10 Å². The number of anilines is 2. The third-order valence-corrected chi connectivity index (χ3v) is 4.61. The molecule has 6 heteroatoms. The molecule has 1 heterocycles. The van der Waals surface area contributed by atoms with Gasteiger partial charge in [-0.25, -0.2) is 4.68 Å². The summed E-state index contributed by atoms with van der Waals surface area (Å²) in [4.78, 5) is 23.9. The highest BCUT2D eigenvalue weighted by Gasteiger charge is 2.24. The van der Waals surface area contributed by atoms with E-state index >= 15 is 0 Å². The lowest BCUT2D eigenvalue weighted by atomic mass is 10.2. The minimum atomic E-state index is -0.198. The average molecular weight is 360 g/mol. The van der Waals surface area contributed by atoms with E-state index in [1.807, 2.05) is 35.0 Å². The van der Waals surface area contributed by atoms with Gasteiger partial charge >= 0.3 is 0 Å². The van der Waals surface area contributed by atoms with Gasteiger partial charge in [-0.2, -0.15) is 5.10 Å². The number of para-hydroxylation sites is 1.